The van der Waals surface area contributed by atoms with Gasteiger partial charge in [0.15, 0.2) is 0 Å². The van der Waals surface area contributed by atoms with E-state index in [1.165, 1.54) is 17.0 Å². The fourth-order valence-electron chi connectivity index (χ4n) is 2.28. The minimum Gasteiger partial charge on any atom is -0.465 e. The van der Waals surface area contributed by atoms with E-state index in [1.807, 2.05) is 6.92 Å². The molecule has 0 radical (unpaired) electrons. The Bertz CT molecular complexity index is 488. The van der Waals surface area contributed by atoms with Crippen molar-refractivity contribution in [1.29, 1.82) is 0 Å². The molecule has 0 bridgehead atoms. The predicted molar refractivity (Wildman–Crippen MR) is 69.5 cm³/mol. The van der Waals surface area contributed by atoms with Crippen molar-refractivity contribution in [3.8, 4) is 0 Å². The normalized spacial score (nSPS) is 19.3. The summed E-state index contributed by atoms with van der Waals surface area (Å²) in [6.45, 7) is 3.41. The van der Waals surface area contributed by atoms with Crippen LogP contribution in [0.25, 0.3) is 0 Å². The number of anilines is 1. The smallest absolute Gasteiger partial charge is 0.407 e. The molecule has 1 aromatic rings. The monoisotopic (exact) mass is 265 g/mol. The zero-order valence-electron chi connectivity index (χ0n) is 10.5. The summed E-state index contributed by atoms with van der Waals surface area (Å²) in [5, 5.41) is 19.5. The Labute approximate surface area is 110 Å². The molecule has 1 aliphatic rings. The number of nitrogens with zero attached hydrogens (tertiary/aromatic N) is 3. The first-order valence-electron chi connectivity index (χ1n) is 5.98. The van der Waals surface area contributed by atoms with Crippen molar-refractivity contribution in [2.45, 2.75) is 13.0 Å². The van der Waals surface area contributed by atoms with Gasteiger partial charge in [-0.05, 0) is 19.1 Å². The molecule has 0 saturated carbocycles. The Morgan fingerprint density at radius 1 is 1.37 bits per heavy atom. The molecule has 1 unspecified atom stereocenters. The average Bonchev–Trinajstić information content (AvgIpc) is 2.38. The second kappa shape index (κ2) is 5.13. The number of carbonyl (C=O) groups is 1. The van der Waals surface area contributed by atoms with E-state index in [4.69, 9.17) is 5.11 Å². The van der Waals surface area contributed by atoms with Gasteiger partial charge in [0.25, 0.3) is 5.69 Å². The van der Waals surface area contributed by atoms with Gasteiger partial charge in [0.1, 0.15) is 0 Å². The quantitative estimate of drug-likeness (QED) is 0.650. The van der Waals surface area contributed by atoms with E-state index in [0.717, 1.165) is 5.69 Å². The molecule has 102 valence electrons. The highest BCUT2D eigenvalue weighted by atomic mass is 16.6. The van der Waals surface area contributed by atoms with Crippen LogP contribution in [0.2, 0.25) is 0 Å². The maximum Gasteiger partial charge on any atom is 0.407 e. The van der Waals surface area contributed by atoms with Gasteiger partial charge in [0, 0.05) is 43.5 Å². The summed E-state index contributed by atoms with van der Waals surface area (Å²) in [5.74, 6) is 0. The maximum absolute atomic E-state index is 10.9. The summed E-state index contributed by atoms with van der Waals surface area (Å²) in [4.78, 5) is 24.5. The van der Waals surface area contributed by atoms with E-state index in [0.29, 0.717) is 19.6 Å². The highest BCUT2D eigenvalue weighted by Gasteiger charge is 2.26. The zero-order valence-corrected chi connectivity index (χ0v) is 10.5. The number of nitro benzene ring substituents is 1. The van der Waals surface area contributed by atoms with Crippen LogP contribution in [0.15, 0.2) is 24.3 Å². The van der Waals surface area contributed by atoms with Crippen molar-refractivity contribution in [3.05, 3.63) is 34.4 Å². The number of carboxylic acid groups (broad SMARTS) is 1. The highest BCUT2D eigenvalue weighted by molar-refractivity contribution is 5.66. The SMILES string of the molecule is CC1CN(C(=O)O)CCN1c1ccc([N+](=O)[O-])cc1. The van der Waals surface area contributed by atoms with E-state index >= 15 is 0 Å². The Morgan fingerprint density at radius 3 is 2.47 bits per heavy atom. The summed E-state index contributed by atoms with van der Waals surface area (Å²) in [6, 6.07) is 6.37. The number of hydrogen-bond donors (Lipinski definition) is 1. The molecule has 7 heteroatoms. The van der Waals surface area contributed by atoms with Crippen LogP contribution in [0.1, 0.15) is 6.92 Å². The molecule has 2 rings (SSSR count). The van der Waals surface area contributed by atoms with Gasteiger partial charge in [-0.25, -0.2) is 4.79 Å². The third-order valence-electron chi connectivity index (χ3n) is 3.29. The number of piperazine rings is 1. The van der Waals surface area contributed by atoms with E-state index in [9.17, 15) is 14.9 Å². The molecular weight excluding hydrogens is 250 g/mol. The maximum atomic E-state index is 10.9. The first-order valence-corrected chi connectivity index (χ1v) is 5.98. The molecule has 1 saturated heterocycles. The van der Waals surface area contributed by atoms with Gasteiger partial charge in [-0.15, -0.1) is 0 Å². The number of rotatable bonds is 2. The topological polar surface area (TPSA) is 86.9 Å². The number of non-ortho nitro benzene ring substituents is 1. The van der Waals surface area contributed by atoms with Gasteiger partial charge in [-0.3, -0.25) is 10.1 Å². The molecule has 19 heavy (non-hydrogen) atoms. The van der Waals surface area contributed by atoms with Crippen molar-refractivity contribution < 1.29 is 14.8 Å². The molecule has 0 aromatic heterocycles. The fraction of sp³-hybridized carbons (Fsp3) is 0.417. The molecule has 1 atom stereocenters. The molecule has 1 N–H and O–H groups in total. The van der Waals surface area contributed by atoms with Crippen LogP contribution in [-0.2, 0) is 0 Å². The number of amides is 1. The Kier molecular flexibility index (Phi) is 3.55. The average molecular weight is 265 g/mol. The largest absolute Gasteiger partial charge is 0.465 e. The molecule has 0 aliphatic carbocycles. The molecule has 7 nitrogen and oxygen atoms in total. The van der Waals surface area contributed by atoms with E-state index < -0.39 is 11.0 Å². The van der Waals surface area contributed by atoms with Gasteiger partial charge in [0.05, 0.1) is 4.92 Å². The van der Waals surface area contributed by atoms with Crippen LogP contribution >= 0.6 is 0 Å². The van der Waals surface area contributed by atoms with Gasteiger partial charge in [0.2, 0.25) is 0 Å². The zero-order chi connectivity index (χ0) is 14.0. The Morgan fingerprint density at radius 2 is 2.00 bits per heavy atom. The standard InChI is InChI=1S/C12H15N3O4/c1-9-8-13(12(16)17)6-7-14(9)10-2-4-11(5-3-10)15(18)19/h2-5,9H,6-8H2,1H3,(H,16,17). The van der Waals surface area contributed by atoms with Crippen LogP contribution < -0.4 is 4.90 Å². The number of nitro groups is 1. The number of benzene rings is 1. The molecule has 1 fully saturated rings. The van der Waals surface area contributed by atoms with Gasteiger partial charge < -0.3 is 14.9 Å². The lowest BCUT2D eigenvalue weighted by Gasteiger charge is -2.40. The van der Waals surface area contributed by atoms with Gasteiger partial charge in [-0.2, -0.15) is 0 Å². The van der Waals surface area contributed by atoms with Crippen LogP contribution in [0.5, 0.6) is 0 Å². The van der Waals surface area contributed by atoms with Crippen molar-refractivity contribution in [2.24, 2.45) is 0 Å². The fourth-order valence-corrected chi connectivity index (χ4v) is 2.28. The van der Waals surface area contributed by atoms with Crippen molar-refractivity contribution >= 4 is 17.5 Å². The molecule has 0 spiro atoms. The van der Waals surface area contributed by atoms with Crippen LogP contribution in [-0.4, -0.2) is 46.7 Å². The Balaban J connectivity index is 2.10. The van der Waals surface area contributed by atoms with Gasteiger partial charge >= 0.3 is 6.09 Å². The minimum atomic E-state index is -0.907. The molecule has 1 heterocycles. The third kappa shape index (κ3) is 2.75. The van der Waals surface area contributed by atoms with Crippen molar-refractivity contribution in [3.63, 3.8) is 0 Å². The lowest BCUT2D eigenvalue weighted by atomic mass is 10.1. The Hall–Kier alpha value is -2.31. The summed E-state index contributed by atoms with van der Waals surface area (Å²) in [6.07, 6.45) is -0.907. The van der Waals surface area contributed by atoms with Crippen LogP contribution in [0.3, 0.4) is 0 Å². The van der Waals surface area contributed by atoms with Crippen molar-refractivity contribution in [2.75, 3.05) is 24.5 Å². The van der Waals surface area contributed by atoms with E-state index in [1.54, 1.807) is 12.1 Å². The first-order chi connectivity index (χ1) is 8.99. The summed E-state index contributed by atoms with van der Waals surface area (Å²) >= 11 is 0. The highest BCUT2D eigenvalue weighted by Crippen LogP contribution is 2.23. The lowest BCUT2D eigenvalue weighted by molar-refractivity contribution is -0.384. The lowest BCUT2D eigenvalue weighted by Crippen LogP contribution is -2.53. The first kappa shape index (κ1) is 13.1. The minimum absolute atomic E-state index is 0.0475. The summed E-state index contributed by atoms with van der Waals surface area (Å²) < 4.78 is 0. The van der Waals surface area contributed by atoms with E-state index in [2.05, 4.69) is 4.90 Å². The molecule has 1 aromatic carbocycles. The number of hydrogen-bond acceptors (Lipinski definition) is 4. The van der Waals surface area contributed by atoms with Crippen molar-refractivity contribution in [1.82, 2.24) is 4.90 Å². The summed E-state index contributed by atoms with van der Waals surface area (Å²) in [5.41, 5.74) is 0.934. The predicted octanol–water partition coefficient (Wildman–Crippen LogP) is 1.78. The van der Waals surface area contributed by atoms with E-state index in [-0.39, 0.29) is 11.7 Å². The second-order valence-corrected chi connectivity index (χ2v) is 4.54. The van der Waals surface area contributed by atoms with Crippen LogP contribution in [0, 0.1) is 10.1 Å². The van der Waals surface area contributed by atoms with Gasteiger partial charge in [-0.1, -0.05) is 0 Å². The second-order valence-electron chi connectivity index (χ2n) is 4.54. The molecule has 1 aliphatic heterocycles. The molecule has 1 amide bonds. The van der Waals surface area contributed by atoms with Crippen LogP contribution in [0.4, 0.5) is 16.2 Å². The summed E-state index contributed by atoms with van der Waals surface area (Å²) in [7, 11) is 0. The molecular formula is C12H15N3O4. The third-order valence-corrected chi connectivity index (χ3v) is 3.29.